The molecule has 1 aromatic heterocycles. The average Bonchev–Trinajstić information content (AvgIpc) is 2.61. The first-order valence-corrected chi connectivity index (χ1v) is 7.79. The van der Waals surface area contributed by atoms with Crippen molar-refractivity contribution < 1.29 is 14.3 Å². The number of likely N-dealkylation sites (N-methyl/N-ethyl adjacent to an activating group) is 1. The van der Waals surface area contributed by atoms with Gasteiger partial charge in [0.15, 0.2) is 11.5 Å². The summed E-state index contributed by atoms with van der Waals surface area (Å²) in [5, 5.41) is 13.9. The number of methoxy groups -OCH3 is 2. The van der Waals surface area contributed by atoms with Crippen molar-refractivity contribution in [3.8, 4) is 11.5 Å². The molecule has 0 spiro atoms. The number of rotatable bonds is 8. The zero-order valence-corrected chi connectivity index (χ0v) is 14.9. The highest BCUT2D eigenvalue weighted by atomic mass is 16.5. The van der Waals surface area contributed by atoms with Gasteiger partial charge < -0.3 is 25.0 Å². The summed E-state index contributed by atoms with van der Waals surface area (Å²) in [6.45, 7) is 1.31. The second kappa shape index (κ2) is 8.84. The second-order valence-corrected chi connectivity index (χ2v) is 5.55. The molecule has 1 aromatic carbocycles. The van der Waals surface area contributed by atoms with Crippen LogP contribution in [0, 0.1) is 0 Å². The van der Waals surface area contributed by atoms with E-state index in [1.165, 1.54) is 0 Å². The first-order valence-electron chi connectivity index (χ1n) is 7.79. The van der Waals surface area contributed by atoms with Crippen LogP contribution in [0.4, 0.5) is 11.5 Å². The number of carbonyl (C=O) groups is 1. The molecule has 0 aliphatic rings. The van der Waals surface area contributed by atoms with Gasteiger partial charge in [-0.1, -0.05) is 0 Å². The number of nitrogens with one attached hydrogen (secondary N) is 2. The van der Waals surface area contributed by atoms with Gasteiger partial charge in [-0.25, -0.2) is 0 Å². The van der Waals surface area contributed by atoms with Crippen LogP contribution in [-0.4, -0.2) is 62.4 Å². The lowest BCUT2D eigenvalue weighted by Crippen LogP contribution is -2.31. The van der Waals surface area contributed by atoms with Gasteiger partial charge in [0.2, 0.25) is 0 Å². The Labute approximate surface area is 147 Å². The molecule has 0 fully saturated rings. The molecular formula is C17H23N5O3. The number of carbonyl (C=O) groups excluding carboxylic acids is 1. The van der Waals surface area contributed by atoms with Crippen molar-refractivity contribution in [2.45, 2.75) is 0 Å². The number of anilines is 2. The quantitative estimate of drug-likeness (QED) is 0.750. The third-order valence-electron chi connectivity index (χ3n) is 3.41. The number of benzene rings is 1. The van der Waals surface area contributed by atoms with Gasteiger partial charge >= 0.3 is 0 Å². The summed E-state index contributed by atoms with van der Waals surface area (Å²) in [5.41, 5.74) is 0.959. The summed E-state index contributed by atoms with van der Waals surface area (Å²) in [6, 6.07) is 8.69. The Balaban J connectivity index is 2.04. The molecule has 0 radical (unpaired) electrons. The predicted octanol–water partition coefficient (Wildman–Crippen LogP) is 1.53. The van der Waals surface area contributed by atoms with Gasteiger partial charge in [-0.3, -0.25) is 4.79 Å². The van der Waals surface area contributed by atoms with Crippen LogP contribution in [0.15, 0.2) is 30.3 Å². The van der Waals surface area contributed by atoms with Crippen molar-refractivity contribution in [3.05, 3.63) is 36.0 Å². The number of nitrogens with zero attached hydrogens (tertiary/aromatic N) is 3. The smallest absolute Gasteiger partial charge is 0.271 e. The zero-order chi connectivity index (χ0) is 18.2. The largest absolute Gasteiger partial charge is 0.497 e. The topological polar surface area (TPSA) is 88.6 Å². The van der Waals surface area contributed by atoms with Crippen LogP contribution >= 0.6 is 0 Å². The molecule has 8 heteroatoms. The summed E-state index contributed by atoms with van der Waals surface area (Å²) in [4.78, 5) is 14.0. The SMILES string of the molecule is COc1ccc(OC)c(Nc2ccc(C(=O)NCCN(C)C)nn2)c1. The molecule has 134 valence electrons. The van der Waals surface area contributed by atoms with Gasteiger partial charge in [-0.15, -0.1) is 10.2 Å². The molecule has 25 heavy (non-hydrogen) atoms. The molecular weight excluding hydrogens is 322 g/mol. The molecule has 1 amide bonds. The molecule has 2 aromatic rings. The molecule has 1 heterocycles. The van der Waals surface area contributed by atoms with Crippen LogP contribution in [0.25, 0.3) is 0 Å². The van der Waals surface area contributed by atoms with E-state index in [1.54, 1.807) is 44.6 Å². The van der Waals surface area contributed by atoms with Crippen molar-refractivity contribution >= 4 is 17.4 Å². The van der Waals surface area contributed by atoms with E-state index in [9.17, 15) is 4.79 Å². The highest BCUT2D eigenvalue weighted by molar-refractivity contribution is 5.92. The van der Waals surface area contributed by atoms with E-state index in [0.29, 0.717) is 29.5 Å². The van der Waals surface area contributed by atoms with Crippen LogP contribution in [0.5, 0.6) is 11.5 Å². The Bertz CT molecular complexity index is 704. The normalized spacial score (nSPS) is 10.4. The first-order chi connectivity index (χ1) is 12.0. The number of ether oxygens (including phenoxy) is 2. The van der Waals surface area contributed by atoms with Crippen molar-refractivity contribution in [1.82, 2.24) is 20.4 Å². The predicted molar refractivity (Wildman–Crippen MR) is 95.7 cm³/mol. The number of aromatic nitrogens is 2. The minimum absolute atomic E-state index is 0.250. The van der Waals surface area contributed by atoms with E-state index in [-0.39, 0.29) is 11.6 Å². The minimum Gasteiger partial charge on any atom is -0.497 e. The van der Waals surface area contributed by atoms with Crippen molar-refractivity contribution in [2.75, 3.05) is 46.7 Å². The van der Waals surface area contributed by atoms with Gasteiger partial charge in [0.05, 0.1) is 19.9 Å². The van der Waals surface area contributed by atoms with E-state index < -0.39 is 0 Å². The van der Waals surface area contributed by atoms with Gasteiger partial charge in [-0.2, -0.15) is 0 Å². The van der Waals surface area contributed by atoms with Gasteiger partial charge in [-0.05, 0) is 38.4 Å². The molecule has 0 saturated carbocycles. The fourth-order valence-electron chi connectivity index (χ4n) is 2.05. The molecule has 2 N–H and O–H groups in total. The summed E-state index contributed by atoms with van der Waals surface area (Å²) in [6.07, 6.45) is 0. The van der Waals surface area contributed by atoms with Crippen LogP contribution in [0.3, 0.4) is 0 Å². The van der Waals surface area contributed by atoms with Crippen LogP contribution in [0.2, 0.25) is 0 Å². The van der Waals surface area contributed by atoms with Gasteiger partial charge in [0.25, 0.3) is 5.91 Å². The lowest BCUT2D eigenvalue weighted by atomic mass is 10.2. The number of amides is 1. The lowest BCUT2D eigenvalue weighted by Gasteiger charge is -2.12. The van der Waals surface area contributed by atoms with Crippen molar-refractivity contribution in [1.29, 1.82) is 0 Å². The van der Waals surface area contributed by atoms with E-state index in [1.807, 2.05) is 19.0 Å². The third kappa shape index (κ3) is 5.32. The molecule has 8 nitrogen and oxygen atoms in total. The minimum atomic E-state index is -0.250. The summed E-state index contributed by atoms with van der Waals surface area (Å²) >= 11 is 0. The zero-order valence-electron chi connectivity index (χ0n) is 14.9. The molecule has 0 unspecified atom stereocenters. The van der Waals surface area contributed by atoms with E-state index >= 15 is 0 Å². The molecule has 0 bridgehead atoms. The maximum absolute atomic E-state index is 12.0. The Hall–Kier alpha value is -2.87. The summed E-state index contributed by atoms with van der Waals surface area (Å²) < 4.78 is 10.5. The molecule has 2 rings (SSSR count). The number of hydrogen-bond acceptors (Lipinski definition) is 7. The van der Waals surface area contributed by atoms with E-state index in [2.05, 4.69) is 20.8 Å². The standard InChI is InChI=1S/C17H23N5O3/c1-22(2)10-9-18-17(23)13-6-8-16(21-20-13)19-14-11-12(24-3)5-7-15(14)25-4/h5-8,11H,9-10H2,1-4H3,(H,18,23)(H,19,21). The van der Waals surface area contributed by atoms with Gasteiger partial charge in [0.1, 0.15) is 11.5 Å². The molecule has 0 atom stereocenters. The fourth-order valence-corrected chi connectivity index (χ4v) is 2.05. The summed E-state index contributed by atoms with van der Waals surface area (Å²) in [5.74, 6) is 1.58. The highest BCUT2D eigenvalue weighted by Crippen LogP contribution is 2.30. The Morgan fingerprint density at radius 1 is 1.12 bits per heavy atom. The second-order valence-electron chi connectivity index (χ2n) is 5.55. The molecule has 0 aliphatic heterocycles. The lowest BCUT2D eigenvalue weighted by molar-refractivity contribution is 0.0945. The maximum Gasteiger partial charge on any atom is 0.271 e. The molecule has 0 aliphatic carbocycles. The molecule has 0 saturated heterocycles. The fraction of sp³-hybridized carbons (Fsp3) is 0.353. The maximum atomic E-state index is 12.0. The number of hydrogen-bond donors (Lipinski definition) is 2. The first kappa shape index (κ1) is 18.5. The Kier molecular flexibility index (Phi) is 6.53. The van der Waals surface area contributed by atoms with E-state index in [4.69, 9.17) is 9.47 Å². The Morgan fingerprint density at radius 3 is 2.52 bits per heavy atom. The van der Waals surface area contributed by atoms with Crippen LogP contribution < -0.4 is 20.1 Å². The Morgan fingerprint density at radius 2 is 1.92 bits per heavy atom. The van der Waals surface area contributed by atoms with Crippen molar-refractivity contribution in [2.24, 2.45) is 0 Å². The van der Waals surface area contributed by atoms with Gasteiger partial charge in [0, 0.05) is 19.2 Å². The van der Waals surface area contributed by atoms with Crippen molar-refractivity contribution in [3.63, 3.8) is 0 Å². The van der Waals surface area contributed by atoms with Crippen LogP contribution in [0.1, 0.15) is 10.5 Å². The summed E-state index contributed by atoms with van der Waals surface area (Å²) in [7, 11) is 7.06. The van der Waals surface area contributed by atoms with E-state index in [0.717, 1.165) is 6.54 Å². The average molecular weight is 345 g/mol. The third-order valence-corrected chi connectivity index (χ3v) is 3.41. The van der Waals surface area contributed by atoms with Crippen LogP contribution in [-0.2, 0) is 0 Å². The highest BCUT2D eigenvalue weighted by Gasteiger charge is 2.10. The monoisotopic (exact) mass is 345 g/mol.